The number of imidazole rings is 1. The maximum absolute atomic E-state index is 12.1. The monoisotopic (exact) mass is 513 g/mol. The van der Waals surface area contributed by atoms with Gasteiger partial charge in [0.2, 0.25) is 0 Å². The van der Waals surface area contributed by atoms with E-state index in [1.807, 2.05) is 0 Å². The Balaban J connectivity index is 1.84. The van der Waals surface area contributed by atoms with Gasteiger partial charge in [0.1, 0.15) is 24.1 Å². The van der Waals surface area contributed by atoms with Gasteiger partial charge in [0, 0.05) is 13.1 Å². The summed E-state index contributed by atoms with van der Waals surface area (Å²) in [7, 11) is -10.6. The number of aromatic nitrogens is 4. The van der Waals surface area contributed by atoms with E-state index in [1.54, 1.807) is 0 Å². The van der Waals surface area contributed by atoms with Gasteiger partial charge in [-0.1, -0.05) is 0 Å². The Labute approximate surface area is 184 Å². The predicted octanol–water partition coefficient (Wildman–Crippen LogP) is -2.05. The number of hydrogen-bond donors (Lipinski definition) is 7. The predicted molar refractivity (Wildman–Crippen MR) is 106 cm³/mol. The molecule has 1 fully saturated rings. The maximum atomic E-state index is 12.1. The van der Waals surface area contributed by atoms with Gasteiger partial charge in [-0.25, -0.2) is 28.9 Å². The number of rotatable bonds is 9. The van der Waals surface area contributed by atoms with Gasteiger partial charge in [-0.2, -0.15) is 4.31 Å². The lowest BCUT2D eigenvalue weighted by molar-refractivity contribution is -0.0522. The molecular formula is C13H21N7O11P2. The molecule has 18 nitrogen and oxygen atoms in total. The minimum absolute atomic E-state index is 0.0474. The van der Waals surface area contributed by atoms with E-state index < -0.39 is 52.9 Å². The van der Waals surface area contributed by atoms with Gasteiger partial charge in [-0.05, 0) is 0 Å². The van der Waals surface area contributed by atoms with E-state index in [9.17, 15) is 23.9 Å². The Hall–Kier alpha value is -2.24. The fraction of sp³-hybridized carbons (Fsp3) is 0.538. The molecule has 0 aliphatic carbocycles. The molecule has 0 saturated carbocycles. The third-order valence-electron chi connectivity index (χ3n) is 4.24. The van der Waals surface area contributed by atoms with Crippen LogP contribution in [0.5, 0.6) is 0 Å². The summed E-state index contributed by atoms with van der Waals surface area (Å²) in [6.07, 6.45) is -4.30. The number of carbonyl (C=O) groups is 1. The fourth-order valence-electron chi connectivity index (χ4n) is 2.93. The van der Waals surface area contributed by atoms with E-state index in [0.717, 1.165) is 6.33 Å². The number of nitrogens with one attached hydrogen (secondary N) is 1. The number of alkyl carbamates (subject to hydrolysis) is 1. The molecule has 20 heteroatoms. The Morgan fingerprint density at radius 3 is 2.67 bits per heavy atom. The van der Waals surface area contributed by atoms with Crippen molar-refractivity contribution in [3.63, 3.8) is 0 Å². The summed E-state index contributed by atoms with van der Waals surface area (Å²) in [5, 5.41) is 13.0. The molecule has 0 radical (unpaired) electrons. The van der Waals surface area contributed by atoms with Crippen molar-refractivity contribution in [3.8, 4) is 0 Å². The number of nitrogens with zero attached hydrogens (tertiary/aromatic N) is 4. The minimum atomic E-state index is -5.36. The number of nitrogens with two attached hydrogens (primary N) is 2. The number of amides is 1. The highest BCUT2D eigenvalue weighted by Crippen LogP contribution is 2.57. The number of anilines is 1. The largest absolute Gasteiger partial charge is 0.481 e. The van der Waals surface area contributed by atoms with Crippen LogP contribution in [0.4, 0.5) is 10.6 Å². The van der Waals surface area contributed by atoms with Crippen LogP contribution < -0.4 is 16.8 Å². The van der Waals surface area contributed by atoms with E-state index in [1.165, 1.54) is 10.9 Å². The van der Waals surface area contributed by atoms with Gasteiger partial charge in [-0.15, -0.1) is 0 Å². The first-order valence-corrected chi connectivity index (χ1v) is 12.1. The molecule has 0 aromatic carbocycles. The van der Waals surface area contributed by atoms with Gasteiger partial charge < -0.3 is 46.0 Å². The molecule has 0 spiro atoms. The molecule has 5 atom stereocenters. The summed E-state index contributed by atoms with van der Waals surface area (Å²) >= 11 is 0. The van der Waals surface area contributed by atoms with E-state index in [2.05, 4.69) is 29.1 Å². The molecule has 3 rings (SSSR count). The number of phosphoric ester groups is 1. The van der Waals surface area contributed by atoms with Crippen LogP contribution in [0.1, 0.15) is 6.23 Å². The summed E-state index contributed by atoms with van der Waals surface area (Å²) in [5.41, 5.74) is 11.4. The number of phosphoric acid groups is 2. The van der Waals surface area contributed by atoms with Gasteiger partial charge in [0.05, 0.1) is 12.9 Å². The molecule has 3 heterocycles. The quantitative estimate of drug-likeness (QED) is 0.178. The third kappa shape index (κ3) is 6.21. The standard InChI is InChI=1S/C13H21N7O11P2/c14-1-2-16-13(22)30-9-8(21)6(3-28-33(26,27)31-32(23,24)25)29-12(9)20-5-19-7-10(15)17-4-18-11(7)20/h4-6,8-9,12,21H,1-3,14H2,(H,16,22)(H,26,27)(H2,15,17,18)(H2,23,24,25). The normalized spacial score (nSPS) is 25.1. The SMILES string of the molecule is NCCNC(=O)OC1C(O)C(COP(=O)(O)OP(=O)(O)O)OC1n1cnc2c(N)ncnc21. The van der Waals surface area contributed by atoms with Crippen LogP contribution in [0.15, 0.2) is 12.7 Å². The van der Waals surface area contributed by atoms with Gasteiger partial charge in [-0.3, -0.25) is 9.09 Å². The molecule has 184 valence electrons. The lowest BCUT2D eigenvalue weighted by atomic mass is 10.1. The summed E-state index contributed by atoms with van der Waals surface area (Å²) in [6, 6.07) is 0. The maximum Gasteiger partial charge on any atom is 0.481 e. The summed E-state index contributed by atoms with van der Waals surface area (Å²) < 4.78 is 42.9. The zero-order chi connectivity index (χ0) is 24.4. The van der Waals surface area contributed by atoms with Crippen molar-refractivity contribution in [1.82, 2.24) is 24.8 Å². The van der Waals surface area contributed by atoms with Crippen LogP contribution in [0, 0.1) is 0 Å². The zero-order valence-electron chi connectivity index (χ0n) is 16.6. The van der Waals surface area contributed by atoms with E-state index in [0.29, 0.717) is 0 Å². The van der Waals surface area contributed by atoms with Crippen molar-refractivity contribution in [2.45, 2.75) is 24.5 Å². The molecule has 1 saturated heterocycles. The third-order valence-corrected chi connectivity index (χ3v) is 6.39. The molecular weight excluding hydrogens is 492 g/mol. The number of aliphatic hydroxyl groups is 1. The van der Waals surface area contributed by atoms with Gasteiger partial charge >= 0.3 is 21.7 Å². The molecule has 1 aliphatic heterocycles. The van der Waals surface area contributed by atoms with Crippen molar-refractivity contribution >= 4 is 38.7 Å². The number of ether oxygens (including phenoxy) is 2. The Bertz CT molecular complexity index is 1090. The number of nitrogen functional groups attached to an aromatic ring is 1. The van der Waals surface area contributed by atoms with Crippen LogP contribution in [-0.2, 0) is 27.4 Å². The first-order chi connectivity index (χ1) is 15.4. The second-order valence-electron chi connectivity index (χ2n) is 6.56. The van der Waals surface area contributed by atoms with E-state index in [4.69, 9.17) is 30.7 Å². The highest BCUT2D eigenvalue weighted by molar-refractivity contribution is 7.60. The van der Waals surface area contributed by atoms with Crippen LogP contribution >= 0.6 is 15.6 Å². The van der Waals surface area contributed by atoms with Crippen molar-refractivity contribution in [3.05, 3.63) is 12.7 Å². The van der Waals surface area contributed by atoms with Gasteiger partial charge in [0.25, 0.3) is 0 Å². The van der Waals surface area contributed by atoms with Crippen LogP contribution in [0.3, 0.4) is 0 Å². The number of aliphatic hydroxyl groups excluding tert-OH is 1. The minimum Gasteiger partial charge on any atom is -0.439 e. The average Bonchev–Trinajstić information content (AvgIpc) is 3.26. The first-order valence-electron chi connectivity index (χ1n) is 9.07. The topological polar surface area (TPSA) is 277 Å². The summed E-state index contributed by atoms with van der Waals surface area (Å²) in [5.74, 6) is 0.0474. The highest BCUT2D eigenvalue weighted by Gasteiger charge is 2.49. The van der Waals surface area contributed by atoms with E-state index in [-0.39, 0.29) is 30.1 Å². The van der Waals surface area contributed by atoms with Crippen molar-refractivity contribution in [2.24, 2.45) is 5.73 Å². The highest BCUT2D eigenvalue weighted by atomic mass is 31.3. The number of carbonyl (C=O) groups excluding carboxylic acids is 1. The Morgan fingerprint density at radius 2 is 2.00 bits per heavy atom. The zero-order valence-corrected chi connectivity index (χ0v) is 18.4. The fourth-order valence-corrected chi connectivity index (χ4v) is 4.53. The number of fused-ring (bicyclic) bond motifs is 1. The van der Waals surface area contributed by atoms with Crippen LogP contribution in [-0.4, -0.2) is 83.4 Å². The molecule has 33 heavy (non-hydrogen) atoms. The summed E-state index contributed by atoms with van der Waals surface area (Å²) in [4.78, 5) is 50.8. The lowest BCUT2D eigenvalue weighted by Crippen LogP contribution is -2.40. The van der Waals surface area contributed by atoms with Crippen LogP contribution in [0.25, 0.3) is 11.2 Å². The molecule has 0 bridgehead atoms. The molecule has 2 aromatic rings. The number of hydrogen-bond acceptors (Lipinski definition) is 13. The van der Waals surface area contributed by atoms with Crippen molar-refractivity contribution < 1.29 is 52.0 Å². The second kappa shape index (κ2) is 9.94. The smallest absolute Gasteiger partial charge is 0.439 e. The van der Waals surface area contributed by atoms with Crippen molar-refractivity contribution in [1.29, 1.82) is 0 Å². The van der Waals surface area contributed by atoms with Gasteiger partial charge in [0.15, 0.2) is 23.8 Å². The summed E-state index contributed by atoms with van der Waals surface area (Å²) in [6.45, 7) is -0.684. The van der Waals surface area contributed by atoms with Crippen LogP contribution in [0.2, 0.25) is 0 Å². The molecule has 9 N–H and O–H groups in total. The molecule has 2 aromatic heterocycles. The lowest BCUT2D eigenvalue weighted by Gasteiger charge is -2.22. The first kappa shape index (κ1) is 25.4. The average molecular weight is 513 g/mol. The molecule has 5 unspecified atom stereocenters. The second-order valence-corrected chi connectivity index (χ2v) is 9.39. The van der Waals surface area contributed by atoms with E-state index >= 15 is 0 Å². The Kier molecular flexibility index (Phi) is 7.65. The van der Waals surface area contributed by atoms with Crippen molar-refractivity contribution in [2.75, 3.05) is 25.4 Å². The Morgan fingerprint density at radius 1 is 1.27 bits per heavy atom. The molecule has 1 aliphatic rings. The molecule has 1 amide bonds.